The maximum Gasteiger partial charge on any atom is 0.254 e. The summed E-state index contributed by atoms with van der Waals surface area (Å²) in [6.07, 6.45) is 2.30. The van der Waals surface area contributed by atoms with Crippen molar-refractivity contribution in [3.05, 3.63) is 35.1 Å². The van der Waals surface area contributed by atoms with Crippen LogP contribution in [0.1, 0.15) is 42.6 Å². The SMILES string of the molecule is Cc1ccc(C(=O)NCC2NCCCC2(C)C)c(F)c1. The number of amides is 1. The van der Waals surface area contributed by atoms with Crippen molar-refractivity contribution < 1.29 is 9.18 Å². The Balaban J connectivity index is 1.98. The summed E-state index contributed by atoms with van der Waals surface area (Å²) < 4.78 is 13.7. The second-order valence-electron chi connectivity index (χ2n) is 6.29. The molecule has 2 N–H and O–H groups in total. The summed E-state index contributed by atoms with van der Waals surface area (Å²) in [7, 11) is 0. The van der Waals surface area contributed by atoms with Gasteiger partial charge in [-0.25, -0.2) is 4.39 Å². The number of carbonyl (C=O) groups excluding carboxylic acids is 1. The van der Waals surface area contributed by atoms with Crippen LogP contribution in [0, 0.1) is 18.2 Å². The van der Waals surface area contributed by atoms with Crippen molar-refractivity contribution in [3.63, 3.8) is 0 Å². The number of nitrogens with one attached hydrogen (secondary N) is 2. The molecule has 110 valence electrons. The Kier molecular flexibility index (Phi) is 4.43. The summed E-state index contributed by atoms with van der Waals surface area (Å²) in [6, 6.07) is 4.91. The molecule has 1 aromatic carbocycles. The molecule has 0 spiro atoms. The number of benzene rings is 1. The van der Waals surface area contributed by atoms with Crippen molar-refractivity contribution in [2.75, 3.05) is 13.1 Å². The average Bonchev–Trinajstić information content (AvgIpc) is 2.36. The maximum absolute atomic E-state index is 13.7. The molecule has 0 aromatic heterocycles. The molecule has 1 heterocycles. The van der Waals surface area contributed by atoms with Gasteiger partial charge >= 0.3 is 0 Å². The molecule has 1 fully saturated rings. The lowest BCUT2D eigenvalue weighted by atomic mass is 9.77. The van der Waals surface area contributed by atoms with Crippen molar-refractivity contribution in [1.29, 1.82) is 0 Å². The van der Waals surface area contributed by atoms with E-state index in [0.717, 1.165) is 24.9 Å². The number of halogens is 1. The lowest BCUT2D eigenvalue weighted by Gasteiger charge is -2.39. The molecule has 0 radical (unpaired) electrons. The van der Waals surface area contributed by atoms with Crippen LogP contribution in [-0.2, 0) is 0 Å². The highest BCUT2D eigenvalue weighted by atomic mass is 19.1. The minimum Gasteiger partial charge on any atom is -0.350 e. The van der Waals surface area contributed by atoms with E-state index in [1.54, 1.807) is 19.1 Å². The van der Waals surface area contributed by atoms with Crippen LogP contribution in [0.4, 0.5) is 4.39 Å². The third-order valence-corrected chi connectivity index (χ3v) is 4.17. The Morgan fingerprint density at radius 3 is 2.90 bits per heavy atom. The smallest absolute Gasteiger partial charge is 0.254 e. The number of carbonyl (C=O) groups is 1. The molecule has 1 saturated heterocycles. The Labute approximate surface area is 120 Å². The Morgan fingerprint density at radius 2 is 2.25 bits per heavy atom. The number of hydrogen-bond donors (Lipinski definition) is 2. The van der Waals surface area contributed by atoms with Crippen LogP contribution in [0.3, 0.4) is 0 Å². The predicted molar refractivity (Wildman–Crippen MR) is 78.3 cm³/mol. The zero-order chi connectivity index (χ0) is 14.8. The van der Waals surface area contributed by atoms with Crippen molar-refractivity contribution in [1.82, 2.24) is 10.6 Å². The minimum atomic E-state index is -0.460. The Morgan fingerprint density at radius 1 is 1.50 bits per heavy atom. The van der Waals surface area contributed by atoms with Crippen LogP contribution in [-0.4, -0.2) is 25.0 Å². The molecule has 0 aliphatic carbocycles. The highest BCUT2D eigenvalue weighted by molar-refractivity contribution is 5.94. The van der Waals surface area contributed by atoms with Crippen LogP contribution in [0.2, 0.25) is 0 Å². The molecule has 0 bridgehead atoms. The third-order valence-electron chi connectivity index (χ3n) is 4.17. The largest absolute Gasteiger partial charge is 0.350 e. The average molecular weight is 278 g/mol. The molecule has 1 unspecified atom stereocenters. The van der Waals surface area contributed by atoms with Gasteiger partial charge in [0, 0.05) is 12.6 Å². The summed E-state index contributed by atoms with van der Waals surface area (Å²) in [4.78, 5) is 12.1. The van der Waals surface area contributed by atoms with Gasteiger partial charge in [0.2, 0.25) is 0 Å². The standard InChI is InChI=1S/C16H23FN2O/c1-11-5-6-12(13(17)9-11)15(20)19-10-14-16(2,3)7-4-8-18-14/h5-6,9,14,18H,4,7-8,10H2,1-3H3,(H,19,20). The lowest BCUT2D eigenvalue weighted by molar-refractivity contribution is 0.0925. The first-order valence-corrected chi connectivity index (χ1v) is 7.18. The molecule has 1 amide bonds. The molecular weight excluding hydrogens is 255 g/mol. The van der Waals surface area contributed by atoms with E-state index in [-0.39, 0.29) is 22.9 Å². The van der Waals surface area contributed by atoms with E-state index in [1.165, 1.54) is 6.07 Å². The van der Waals surface area contributed by atoms with Crippen LogP contribution >= 0.6 is 0 Å². The molecule has 0 saturated carbocycles. The summed E-state index contributed by atoms with van der Waals surface area (Å²) in [6.45, 7) is 7.70. The third kappa shape index (κ3) is 3.37. The fourth-order valence-electron chi connectivity index (χ4n) is 2.71. The fourth-order valence-corrected chi connectivity index (χ4v) is 2.71. The van der Waals surface area contributed by atoms with Crippen molar-refractivity contribution in [2.45, 2.75) is 39.7 Å². The number of piperidine rings is 1. The van der Waals surface area contributed by atoms with E-state index < -0.39 is 5.82 Å². The molecule has 20 heavy (non-hydrogen) atoms. The van der Waals surface area contributed by atoms with Gasteiger partial charge in [0.1, 0.15) is 5.82 Å². The first-order valence-electron chi connectivity index (χ1n) is 7.18. The highest BCUT2D eigenvalue weighted by Gasteiger charge is 2.32. The van der Waals surface area contributed by atoms with Gasteiger partial charge < -0.3 is 10.6 Å². The molecule has 1 aliphatic heterocycles. The van der Waals surface area contributed by atoms with Crippen molar-refractivity contribution >= 4 is 5.91 Å². The van der Waals surface area contributed by atoms with Gasteiger partial charge in [-0.05, 0) is 49.4 Å². The van der Waals surface area contributed by atoms with Crippen LogP contribution in [0.5, 0.6) is 0 Å². The zero-order valence-corrected chi connectivity index (χ0v) is 12.4. The Bertz CT molecular complexity index is 499. The summed E-state index contributed by atoms with van der Waals surface area (Å²) in [5.41, 5.74) is 1.08. The molecule has 1 aromatic rings. The monoisotopic (exact) mass is 278 g/mol. The summed E-state index contributed by atoms with van der Waals surface area (Å²) in [5, 5.41) is 6.27. The molecule has 1 aliphatic rings. The lowest BCUT2D eigenvalue weighted by Crippen LogP contribution is -2.52. The molecule has 3 nitrogen and oxygen atoms in total. The van der Waals surface area contributed by atoms with Gasteiger partial charge in [-0.3, -0.25) is 4.79 Å². The van der Waals surface area contributed by atoms with Crippen LogP contribution < -0.4 is 10.6 Å². The maximum atomic E-state index is 13.7. The van der Waals surface area contributed by atoms with Gasteiger partial charge in [-0.1, -0.05) is 19.9 Å². The van der Waals surface area contributed by atoms with Gasteiger partial charge in [0.25, 0.3) is 5.91 Å². The van der Waals surface area contributed by atoms with E-state index >= 15 is 0 Å². The zero-order valence-electron chi connectivity index (χ0n) is 12.4. The second kappa shape index (κ2) is 5.92. The summed E-state index contributed by atoms with van der Waals surface area (Å²) in [5.74, 6) is -0.802. The summed E-state index contributed by atoms with van der Waals surface area (Å²) >= 11 is 0. The molecule has 1 atom stereocenters. The van der Waals surface area contributed by atoms with Gasteiger partial charge in [-0.2, -0.15) is 0 Å². The first-order chi connectivity index (χ1) is 9.40. The topological polar surface area (TPSA) is 41.1 Å². The Hall–Kier alpha value is -1.42. The first kappa shape index (κ1) is 15.0. The van der Waals surface area contributed by atoms with Gasteiger partial charge in [-0.15, -0.1) is 0 Å². The predicted octanol–water partition coefficient (Wildman–Crippen LogP) is 2.64. The van der Waals surface area contributed by atoms with Crippen LogP contribution in [0.15, 0.2) is 18.2 Å². The number of rotatable bonds is 3. The van der Waals surface area contributed by atoms with Crippen molar-refractivity contribution in [3.8, 4) is 0 Å². The van der Waals surface area contributed by atoms with E-state index in [2.05, 4.69) is 24.5 Å². The molecule has 2 rings (SSSR count). The minimum absolute atomic E-state index is 0.115. The van der Waals surface area contributed by atoms with Crippen molar-refractivity contribution in [2.24, 2.45) is 5.41 Å². The highest BCUT2D eigenvalue weighted by Crippen LogP contribution is 2.29. The van der Waals surface area contributed by atoms with E-state index in [0.29, 0.717) is 6.54 Å². The van der Waals surface area contributed by atoms with Gasteiger partial charge in [0.15, 0.2) is 0 Å². The second-order valence-corrected chi connectivity index (χ2v) is 6.29. The van der Waals surface area contributed by atoms with Gasteiger partial charge in [0.05, 0.1) is 5.56 Å². The number of aryl methyl sites for hydroxylation is 1. The molecule has 4 heteroatoms. The molecular formula is C16H23FN2O. The van der Waals surface area contributed by atoms with E-state index in [4.69, 9.17) is 0 Å². The van der Waals surface area contributed by atoms with E-state index in [1.807, 2.05) is 0 Å². The normalized spacial score (nSPS) is 21.5. The number of hydrogen-bond acceptors (Lipinski definition) is 2. The quantitative estimate of drug-likeness (QED) is 0.892. The van der Waals surface area contributed by atoms with E-state index in [9.17, 15) is 9.18 Å². The van der Waals surface area contributed by atoms with Crippen LogP contribution in [0.25, 0.3) is 0 Å². The fraction of sp³-hybridized carbons (Fsp3) is 0.562.